The molecule has 206 valence electrons. The molecule has 3 aromatic rings. The second-order valence-corrected chi connectivity index (χ2v) is 10.6. The van der Waals surface area contributed by atoms with Gasteiger partial charge >= 0.3 is 5.97 Å². The van der Waals surface area contributed by atoms with Gasteiger partial charge in [-0.25, -0.2) is 4.79 Å². The molecule has 1 heterocycles. The SMILES string of the molecule is COc1ccc(C2CC(=O)C3=C(C2)NC(C)=C(C(=O)OC(C)C)C3c2ccc(OCc3ccccc3)cc2)cc1. The summed E-state index contributed by atoms with van der Waals surface area (Å²) in [6.07, 6.45) is 0.762. The first-order chi connectivity index (χ1) is 19.3. The van der Waals surface area contributed by atoms with E-state index in [4.69, 9.17) is 14.2 Å². The largest absolute Gasteiger partial charge is 0.497 e. The average molecular weight is 538 g/mol. The summed E-state index contributed by atoms with van der Waals surface area (Å²) in [4.78, 5) is 27.2. The van der Waals surface area contributed by atoms with Gasteiger partial charge in [-0.05, 0) is 74.1 Å². The van der Waals surface area contributed by atoms with Gasteiger partial charge in [-0.15, -0.1) is 0 Å². The van der Waals surface area contributed by atoms with Crippen LogP contribution in [0.25, 0.3) is 0 Å². The van der Waals surface area contributed by atoms with Gasteiger partial charge in [-0.2, -0.15) is 0 Å². The van der Waals surface area contributed by atoms with Crippen LogP contribution in [0.4, 0.5) is 0 Å². The Morgan fingerprint density at radius 1 is 0.900 bits per heavy atom. The van der Waals surface area contributed by atoms with Gasteiger partial charge in [0.25, 0.3) is 0 Å². The number of nitrogens with one attached hydrogen (secondary N) is 1. The quantitative estimate of drug-likeness (QED) is 0.327. The van der Waals surface area contributed by atoms with Gasteiger partial charge in [0, 0.05) is 29.3 Å². The normalized spacial score (nSPS) is 18.8. The molecule has 3 aromatic carbocycles. The summed E-state index contributed by atoms with van der Waals surface area (Å²) in [6.45, 7) is 5.99. The van der Waals surface area contributed by atoms with Crippen LogP contribution in [0.2, 0.25) is 0 Å². The van der Waals surface area contributed by atoms with Gasteiger partial charge in [0.1, 0.15) is 18.1 Å². The van der Waals surface area contributed by atoms with Crippen LogP contribution < -0.4 is 14.8 Å². The molecule has 0 aromatic heterocycles. The zero-order chi connectivity index (χ0) is 28.2. The minimum Gasteiger partial charge on any atom is -0.497 e. The van der Waals surface area contributed by atoms with E-state index < -0.39 is 11.9 Å². The van der Waals surface area contributed by atoms with Gasteiger partial charge in [-0.1, -0.05) is 54.6 Å². The number of methoxy groups -OCH3 is 1. The lowest BCUT2D eigenvalue weighted by Crippen LogP contribution is -2.36. The van der Waals surface area contributed by atoms with Crippen LogP contribution in [0, 0.1) is 0 Å². The fourth-order valence-corrected chi connectivity index (χ4v) is 5.53. The molecule has 40 heavy (non-hydrogen) atoms. The summed E-state index contributed by atoms with van der Waals surface area (Å²) in [5.41, 5.74) is 5.71. The van der Waals surface area contributed by atoms with Crippen LogP contribution in [0.5, 0.6) is 11.5 Å². The van der Waals surface area contributed by atoms with Gasteiger partial charge in [0.05, 0.1) is 18.8 Å². The average Bonchev–Trinajstić information content (AvgIpc) is 2.95. The monoisotopic (exact) mass is 537 g/mol. The molecule has 1 N–H and O–H groups in total. The van der Waals surface area contributed by atoms with Gasteiger partial charge in [0.2, 0.25) is 0 Å². The summed E-state index contributed by atoms with van der Waals surface area (Å²) in [5.74, 6) is 0.644. The maximum absolute atomic E-state index is 13.8. The molecule has 0 fully saturated rings. The van der Waals surface area contributed by atoms with Crippen molar-refractivity contribution in [2.24, 2.45) is 0 Å². The van der Waals surface area contributed by atoms with Crippen LogP contribution in [-0.4, -0.2) is 25.0 Å². The second kappa shape index (κ2) is 11.8. The Bertz CT molecular complexity index is 1440. The Labute approximate surface area is 235 Å². The minimum atomic E-state index is -0.519. The smallest absolute Gasteiger partial charge is 0.337 e. The molecule has 6 nitrogen and oxygen atoms in total. The van der Waals surface area contributed by atoms with Crippen molar-refractivity contribution < 1.29 is 23.8 Å². The van der Waals surface area contributed by atoms with Gasteiger partial charge in [-0.3, -0.25) is 4.79 Å². The van der Waals surface area contributed by atoms with E-state index in [0.717, 1.165) is 33.9 Å². The lowest BCUT2D eigenvalue weighted by molar-refractivity contribution is -0.143. The van der Waals surface area contributed by atoms with Crippen molar-refractivity contribution >= 4 is 11.8 Å². The van der Waals surface area contributed by atoms with Crippen LogP contribution >= 0.6 is 0 Å². The number of dihydropyridines is 1. The number of carbonyl (C=O) groups excluding carboxylic acids is 2. The molecule has 1 aliphatic heterocycles. The molecular formula is C34H35NO5. The fraction of sp³-hybridized carbons (Fsp3) is 0.294. The first-order valence-electron chi connectivity index (χ1n) is 13.7. The van der Waals surface area contributed by atoms with Crippen molar-refractivity contribution in [3.63, 3.8) is 0 Å². The second-order valence-electron chi connectivity index (χ2n) is 10.6. The Morgan fingerprint density at radius 2 is 1.55 bits per heavy atom. The lowest BCUT2D eigenvalue weighted by Gasteiger charge is -2.37. The number of rotatable bonds is 8. The summed E-state index contributed by atoms with van der Waals surface area (Å²) < 4.78 is 16.9. The van der Waals surface area contributed by atoms with Crippen molar-refractivity contribution in [2.75, 3.05) is 7.11 Å². The maximum atomic E-state index is 13.8. The molecule has 2 unspecified atom stereocenters. The highest BCUT2D eigenvalue weighted by molar-refractivity contribution is 6.04. The number of hydrogen-bond donors (Lipinski definition) is 1. The van der Waals surface area contributed by atoms with Crippen LogP contribution in [0.1, 0.15) is 62.1 Å². The van der Waals surface area contributed by atoms with Crippen molar-refractivity contribution in [1.29, 1.82) is 0 Å². The fourth-order valence-electron chi connectivity index (χ4n) is 5.53. The molecule has 0 spiro atoms. The number of esters is 1. The summed E-state index contributed by atoms with van der Waals surface area (Å²) >= 11 is 0. The Morgan fingerprint density at radius 3 is 2.20 bits per heavy atom. The molecule has 0 bridgehead atoms. The predicted molar refractivity (Wildman–Crippen MR) is 154 cm³/mol. The molecule has 2 atom stereocenters. The number of carbonyl (C=O) groups is 2. The van der Waals surface area contributed by atoms with Gasteiger partial charge < -0.3 is 19.5 Å². The van der Waals surface area contributed by atoms with E-state index in [9.17, 15) is 9.59 Å². The van der Waals surface area contributed by atoms with E-state index >= 15 is 0 Å². The van der Waals surface area contributed by atoms with E-state index in [2.05, 4.69) is 5.32 Å². The highest BCUT2D eigenvalue weighted by atomic mass is 16.5. The first-order valence-corrected chi connectivity index (χ1v) is 13.7. The number of benzene rings is 3. The van der Waals surface area contributed by atoms with Crippen molar-refractivity contribution in [2.45, 2.75) is 58.2 Å². The Hall–Kier alpha value is -4.32. The summed E-state index contributed by atoms with van der Waals surface area (Å²) in [7, 11) is 1.64. The number of allylic oxidation sites excluding steroid dienone is 3. The molecule has 0 amide bonds. The molecule has 6 heteroatoms. The van der Waals surface area contributed by atoms with E-state index in [1.165, 1.54) is 0 Å². The zero-order valence-corrected chi connectivity index (χ0v) is 23.4. The van der Waals surface area contributed by atoms with Gasteiger partial charge in [0.15, 0.2) is 5.78 Å². The first kappa shape index (κ1) is 27.3. The molecule has 2 aliphatic rings. The predicted octanol–water partition coefficient (Wildman–Crippen LogP) is 6.59. The number of ketones is 1. The lowest BCUT2D eigenvalue weighted by atomic mass is 9.71. The van der Waals surface area contributed by atoms with Crippen LogP contribution in [0.3, 0.4) is 0 Å². The molecule has 0 saturated carbocycles. The van der Waals surface area contributed by atoms with E-state index in [-0.39, 0.29) is 17.8 Å². The molecule has 1 aliphatic carbocycles. The van der Waals surface area contributed by atoms with Crippen molar-refractivity contribution in [3.05, 3.63) is 118 Å². The molecular weight excluding hydrogens is 502 g/mol. The van der Waals surface area contributed by atoms with Crippen molar-refractivity contribution in [3.8, 4) is 11.5 Å². The van der Waals surface area contributed by atoms with E-state index in [1.807, 2.05) is 99.6 Å². The van der Waals surface area contributed by atoms with Crippen molar-refractivity contribution in [1.82, 2.24) is 5.32 Å². The number of hydrogen-bond acceptors (Lipinski definition) is 6. The Kier molecular flexibility index (Phi) is 8.06. The van der Waals surface area contributed by atoms with Crippen LogP contribution in [0.15, 0.2) is 101 Å². The zero-order valence-electron chi connectivity index (χ0n) is 23.4. The summed E-state index contributed by atoms with van der Waals surface area (Å²) in [5, 5.41) is 3.41. The maximum Gasteiger partial charge on any atom is 0.337 e. The number of Topliss-reactive ketones (excluding diaryl/α,β-unsaturated/α-hetero) is 1. The topological polar surface area (TPSA) is 73.9 Å². The Balaban J connectivity index is 1.47. The third-order valence-electron chi connectivity index (χ3n) is 7.44. The molecule has 0 radical (unpaired) electrons. The summed E-state index contributed by atoms with van der Waals surface area (Å²) in [6, 6.07) is 25.5. The molecule has 0 saturated heterocycles. The minimum absolute atomic E-state index is 0.0336. The number of ether oxygens (including phenoxy) is 3. The highest BCUT2D eigenvalue weighted by Crippen LogP contribution is 2.46. The molecule has 5 rings (SSSR count). The standard InChI is InChI=1S/C34H35NO5/c1-21(2)40-34(37)31-22(3)35-29-18-26(24-10-14-27(38-4)15-11-24)19-30(36)33(29)32(31)25-12-16-28(17-13-25)39-20-23-8-6-5-7-9-23/h5-17,21,26,32,35H,18-20H2,1-4H3. The van der Waals surface area contributed by atoms with E-state index in [1.54, 1.807) is 7.11 Å². The third kappa shape index (κ3) is 5.81. The highest BCUT2D eigenvalue weighted by Gasteiger charge is 2.41. The van der Waals surface area contributed by atoms with Crippen LogP contribution in [-0.2, 0) is 20.9 Å². The third-order valence-corrected chi connectivity index (χ3v) is 7.44. The van der Waals surface area contributed by atoms with E-state index in [0.29, 0.717) is 36.3 Å².